The largest absolute Gasteiger partial charge is 0.475 e. The lowest BCUT2D eigenvalue weighted by molar-refractivity contribution is 0.0509. The van der Waals surface area contributed by atoms with Gasteiger partial charge in [-0.2, -0.15) is 4.98 Å². The molecule has 5 rings (SSSR count). The highest BCUT2D eigenvalue weighted by molar-refractivity contribution is 7.92. The molecular formula is C31H33ClN6O4S. The number of amides is 1. The Labute approximate surface area is 256 Å². The summed E-state index contributed by atoms with van der Waals surface area (Å²) in [7, 11) is -4.17. The average Bonchev–Trinajstić information content (AvgIpc) is 2.92. The Morgan fingerprint density at radius 3 is 2.44 bits per heavy atom. The minimum atomic E-state index is -4.17. The molecule has 1 aliphatic heterocycles. The first kappa shape index (κ1) is 30.4. The third-order valence-corrected chi connectivity index (χ3v) is 8.53. The second-order valence-corrected chi connectivity index (χ2v) is 13.9. The molecular weight excluding hydrogens is 588 g/mol. The third-order valence-electron chi connectivity index (χ3n) is 7.02. The van der Waals surface area contributed by atoms with E-state index < -0.39 is 16.1 Å². The van der Waals surface area contributed by atoms with Crippen LogP contribution in [0.15, 0.2) is 65.8 Å². The summed E-state index contributed by atoms with van der Waals surface area (Å²) in [6.45, 7) is 10.3. The summed E-state index contributed by atoms with van der Waals surface area (Å²) in [4.78, 5) is 33.2. The molecule has 0 unspecified atom stereocenters. The van der Waals surface area contributed by atoms with E-state index >= 15 is 0 Å². The molecule has 224 valence electrons. The lowest BCUT2D eigenvalue weighted by atomic mass is 9.87. The van der Waals surface area contributed by atoms with Crippen molar-refractivity contribution in [1.29, 1.82) is 0 Å². The summed E-state index contributed by atoms with van der Waals surface area (Å²) in [6.07, 6.45) is 3.53. The highest BCUT2D eigenvalue weighted by Crippen LogP contribution is 2.31. The van der Waals surface area contributed by atoms with Gasteiger partial charge in [-0.05, 0) is 55.0 Å². The van der Waals surface area contributed by atoms with Crippen molar-refractivity contribution >= 4 is 33.5 Å². The highest BCUT2D eigenvalue weighted by atomic mass is 35.5. The number of sulfonamides is 1. The molecule has 1 atom stereocenters. The van der Waals surface area contributed by atoms with E-state index in [1.807, 2.05) is 32.0 Å². The van der Waals surface area contributed by atoms with Gasteiger partial charge in [-0.3, -0.25) is 9.78 Å². The van der Waals surface area contributed by atoms with Crippen LogP contribution in [0.5, 0.6) is 5.88 Å². The zero-order valence-electron chi connectivity index (χ0n) is 24.6. The summed E-state index contributed by atoms with van der Waals surface area (Å²) >= 11 is 6.13. The number of rotatable bonds is 4. The van der Waals surface area contributed by atoms with E-state index in [9.17, 15) is 13.2 Å². The summed E-state index contributed by atoms with van der Waals surface area (Å²) in [5.41, 5.74) is 3.77. The fraction of sp³-hybridized carbons (Fsp3) is 0.323. The first-order valence-electron chi connectivity index (χ1n) is 13.8. The van der Waals surface area contributed by atoms with Crippen molar-refractivity contribution in [1.82, 2.24) is 24.8 Å². The molecule has 0 saturated heterocycles. The molecule has 43 heavy (non-hydrogen) atoms. The van der Waals surface area contributed by atoms with Crippen LogP contribution >= 0.6 is 11.6 Å². The first-order chi connectivity index (χ1) is 20.3. The Bertz CT molecular complexity index is 1770. The Morgan fingerprint density at radius 1 is 1.02 bits per heavy atom. The van der Waals surface area contributed by atoms with E-state index in [1.165, 1.54) is 24.4 Å². The van der Waals surface area contributed by atoms with Gasteiger partial charge in [-0.25, -0.2) is 23.1 Å². The van der Waals surface area contributed by atoms with Gasteiger partial charge < -0.3 is 9.64 Å². The van der Waals surface area contributed by atoms with Gasteiger partial charge >= 0.3 is 0 Å². The van der Waals surface area contributed by atoms with Crippen molar-refractivity contribution in [3.63, 3.8) is 0 Å². The van der Waals surface area contributed by atoms with Crippen LogP contribution in [-0.4, -0.2) is 51.8 Å². The van der Waals surface area contributed by atoms with Gasteiger partial charge in [0.15, 0.2) is 0 Å². The van der Waals surface area contributed by atoms with Crippen LogP contribution in [0, 0.1) is 19.3 Å². The highest BCUT2D eigenvalue weighted by Gasteiger charge is 2.32. The predicted octanol–water partition coefficient (Wildman–Crippen LogP) is 5.84. The zero-order chi connectivity index (χ0) is 30.9. The maximum atomic E-state index is 14.2. The summed E-state index contributed by atoms with van der Waals surface area (Å²) in [6, 6.07) is 13.0. The number of anilines is 1. The topological polar surface area (TPSA) is 127 Å². The number of aryl methyl sites for hydroxylation is 2. The van der Waals surface area contributed by atoms with E-state index in [-0.39, 0.29) is 51.9 Å². The van der Waals surface area contributed by atoms with Crippen molar-refractivity contribution in [2.24, 2.45) is 5.41 Å². The van der Waals surface area contributed by atoms with Gasteiger partial charge in [-0.1, -0.05) is 56.6 Å². The molecule has 12 heteroatoms. The molecule has 1 aliphatic rings. The number of nitrogens with zero attached hydrogens (tertiary/aromatic N) is 5. The maximum absolute atomic E-state index is 14.2. The van der Waals surface area contributed by atoms with Crippen molar-refractivity contribution < 1.29 is 17.9 Å². The number of fused-ring (bicyclic) bond motifs is 4. The zero-order valence-corrected chi connectivity index (χ0v) is 26.2. The third kappa shape index (κ3) is 7.11. The van der Waals surface area contributed by atoms with Gasteiger partial charge in [0.2, 0.25) is 11.8 Å². The molecule has 2 aromatic carbocycles. The number of halogens is 1. The van der Waals surface area contributed by atoms with Gasteiger partial charge in [0.25, 0.3) is 15.9 Å². The number of hydrogen-bond donors (Lipinski definition) is 1. The fourth-order valence-electron chi connectivity index (χ4n) is 5.18. The maximum Gasteiger partial charge on any atom is 0.264 e. The van der Waals surface area contributed by atoms with Crippen LogP contribution < -0.4 is 9.46 Å². The van der Waals surface area contributed by atoms with Gasteiger partial charge in [0.1, 0.15) is 11.8 Å². The summed E-state index contributed by atoms with van der Waals surface area (Å²) in [5.74, 6) is -0.348. The van der Waals surface area contributed by atoms with Crippen LogP contribution in [0.4, 0.5) is 5.95 Å². The van der Waals surface area contributed by atoms with E-state index in [1.54, 1.807) is 23.2 Å². The van der Waals surface area contributed by atoms with Crippen LogP contribution in [0.3, 0.4) is 0 Å². The number of carbonyl (C=O) groups is 1. The first-order valence-corrected chi connectivity index (χ1v) is 15.6. The molecule has 4 bridgehead atoms. The normalized spacial score (nSPS) is 16.7. The molecule has 0 saturated carbocycles. The number of nitrogens with one attached hydrogen (secondary N) is 1. The summed E-state index contributed by atoms with van der Waals surface area (Å²) < 4.78 is 35.8. The van der Waals surface area contributed by atoms with Gasteiger partial charge in [-0.15, -0.1) is 0 Å². The molecule has 2 aromatic heterocycles. The molecule has 3 heterocycles. The molecule has 0 spiro atoms. The van der Waals surface area contributed by atoms with Gasteiger partial charge in [0.05, 0.1) is 41.3 Å². The Hall–Kier alpha value is -4.09. The average molecular weight is 621 g/mol. The van der Waals surface area contributed by atoms with E-state index in [0.29, 0.717) is 17.8 Å². The van der Waals surface area contributed by atoms with Gasteiger partial charge in [0, 0.05) is 17.2 Å². The molecule has 1 N–H and O–H groups in total. The van der Waals surface area contributed by atoms with E-state index in [0.717, 1.165) is 16.7 Å². The SMILES string of the molecule is Cc1cccc(C)c1-c1cc2nc(n1)NS(=O)(=O)c1cccc(c1)C(=O)N(Cc1cncc(Cl)n1)[C@H](CC(C)(C)C)CO2. The number of hydrogen-bond acceptors (Lipinski definition) is 8. The van der Waals surface area contributed by atoms with Crippen molar-refractivity contribution in [2.75, 3.05) is 11.3 Å². The molecule has 4 aromatic rings. The van der Waals surface area contributed by atoms with Crippen LogP contribution in [-0.2, 0) is 16.6 Å². The molecule has 10 nitrogen and oxygen atoms in total. The van der Waals surface area contributed by atoms with Crippen molar-refractivity contribution in [3.05, 3.63) is 88.5 Å². The smallest absolute Gasteiger partial charge is 0.264 e. The summed E-state index contributed by atoms with van der Waals surface area (Å²) in [5, 5.41) is 0.200. The van der Waals surface area contributed by atoms with Crippen LogP contribution in [0.2, 0.25) is 5.15 Å². The van der Waals surface area contributed by atoms with E-state index in [2.05, 4.69) is 45.4 Å². The minimum absolute atomic E-state index is 0.0755. The van der Waals surface area contributed by atoms with E-state index in [4.69, 9.17) is 16.3 Å². The second-order valence-electron chi connectivity index (χ2n) is 11.8. The Kier molecular flexibility index (Phi) is 8.40. The second kappa shape index (κ2) is 11.9. The number of benzene rings is 2. The molecule has 0 fully saturated rings. The van der Waals surface area contributed by atoms with Crippen LogP contribution in [0.1, 0.15) is 54.4 Å². The standard InChI is InChI=1S/C31H33ClN6O4S/c1-19-8-6-9-20(2)28(19)25-13-27-36-30(35-25)37-43(40,41)24-11-7-10-21(12-24)29(39)38(17-22-15-33-16-26(32)34-22)23(18-42-27)14-31(3,4)5/h6-13,15-16,23H,14,17-18H2,1-5H3,(H,35,36,37)/t23-/m1/s1. The number of aromatic nitrogens is 4. The lowest BCUT2D eigenvalue weighted by Crippen LogP contribution is -2.45. The fourth-order valence-corrected chi connectivity index (χ4v) is 6.33. The lowest BCUT2D eigenvalue weighted by Gasteiger charge is -2.35. The van der Waals surface area contributed by atoms with Crippen molar-refractivity contribution in [2.45, 2.75) is 58.5 Å². The Balaban J connectivity index is 1.68. The van der Waals surface area contributed by atoms with Crippen molar-refractivity contribution in [3.8, 4) is 17.1 Å². The minimum Gasteiger partial charge on any atom is -0.475 e. The molecule has 1 amide bonds. The molecule has 0 radical (unpaired) electrons. The monoisotopic (exact) mass is 620 g/mol. The quantitative estimate of drug-likeness (QED) is 0.301. The predicted molar refractivity (Wildman–Crippen MR) is 164 cm³/mol. The molecule has 0 aliphatic carbocycles. The number of carbonyl (C=O) groups excluding carboxylic acids is 1. The van der Waals surface area contributed by atoms with Crippen LogP contribution in [0.25, 0.3) is 11.3 Å². The Morgan fingerprint density at radius 2 is 1.74 bits per heavy atom. The number of ether oxygens (including phenoxy) is 1.